The molecule has 0 radical (unpaired) electrons. The molecule has 12 heteroatoms. The van der Waals surface area contributed by atoms with Gasteiger partial charge in [0.1, 0.15) is 17.3 Å². The minimum Gasteiger partial charge on any atom is -0.466 e. The van der Waals surface area contributed by atoms with E-state index in [1.165, 1.54) is 12.1 Å². The van der Waals surface area contributed by atoms with Gasteiger partial charge in [-0.1, -0.05) is 31.4 Å². The number of rotatable bonds is 12. The van der Waals surface area contributed by atoms with Crippen LogP contribution in [0.3, 0.4) is 0 Å². The molecule has 238 valence electrons. The molecule has 0 spiro atoms. The second kappa shape index (κ2) is 14.3. The first-order chi connectivity index (χ1) is 20.8. The predicted octanol–water partition coefficient (Wildman–Crippen LogP) is 6.93. The second-order valence-electron chi connectivity index (χ2n) is 11.0. The molecular weight excluding hydrogens is 597 g/mol. The van der Waals surface area contributed by atoms with Crippen LogP contribution >= 0.6 is 0 Å². The summed E-state index contributed by atoms with van der Waals surface area (Å²) in [7, 11) is -3.51. The number of benzene rings is 2. The van der Waals surface area contributed by atoms with Gasteiger partial charge in [-0.3, -0.25) is 9.59 Å². The van der Waals surface area contributed by atoms with Crippen LogP contribution in [-0.2, 0) is 31.3 Å². The molecule has 44 heavy (non-hydrogen) atoms. The number of hydrogen-bond donors (Lipinski definition) is 2. The summed E-state index contributed by atoms with van der Waals surface area (Å²) in [6, 6.07) is 12.8. The molecule has 1 unspecified atom stereocenters. The summed E-state index contributed by atoms with van der Waals surface area (Å²) >= 11 is 0. The predicted molar refractivity (Wildman–Crippen MR) is 161 cm³/mol. The quantitative estimate of drug-likeness (QED) is 0.208. The molecule has 1 saturated carbocycles. The van der Waals surface area contributed by atoms with Crippen molar-refractivity contribution < 1.29 is 40.3 Å². The maximum atomic E-state index is 13.1. The van der Waals surface area contributed by atoms with Crippen LogP contribution in [0.2, 0.25) is 0 Å². The van der Waals surface area contributed by atoms with Crippen LogP contribution in [0.5, 0.6) is 0 Å². The zero-order chi connectivity index (χ0) is 31.9. The molecule has 0 bridgehead atoms. The van der Waals surface area contributed by atoms with E-state index in [4.69, 9.17) is 9.15 Å². The lowest BCUT2D eigenvalue weighted by Gasteiger charge is -2.32. The van der Waals surface area contributed by atoms with Gasteiger partial charge in [-0.25, -0.2) is 8.42 Å². The summed E-state index contributed by atoms with van der Waals surface area (Å²) < 4.78 is 75.1. The van der Waals surface area contributed by atoms with Crippen LogP contribution < -0.4 is 10.6 Å². The van der Waals surface area contributed by atoms with Crippen LogP contribution in [0.4, 0.5) is 18.9 Å². The third kappa shape index (κ3) is 9.10. The average molecular weight is 635 g/mol. The Morgan fingerprint density at radius 2 is 1.68 bits per heavy atom. The summed E-state index contributed by atoms with van der Waals surface area (Å²) in [5.41, 5.74) is 1.35. The molecule has 3 aromatic rings. The molecular formula is C32H37F3N2O6S. The van der Waals surface area contributed by atoms with Gasteiger partial charge in [0.05, 0.1) is 24.6 Å². The number of carbonyl (C=O) groups is 2. The van der Waals surface area contributed by atoms with Crippen molar-refractivity contribution in [3.05, 3.63) is 77.0 Å². The minimum atomic E-state index is -4.48. The number of esters is 1. The van der Waals surface area contributed by atoms with Crippen LogP contribution in [0, 0.1) is 5.92 Å². The fraction of sp³-hybridized carbons (Fsp3) is 0.438. The van der Waals surface area contributed by atoms with Crippen LogP contribution in [0.25, 0.3) is 11.3 Å². The Labute approximate surface area is 255 Å². The van der Waals surface area contributed by atoms with Crippen molar-refractivity contribution in [2.75, 3.05) is 24.7 Å². The highest BCUT2D eigenvalue weighted by Crippen LogP contribution is 2.41. The second-order valence-corrected chi connectivity index (χ2v) is 13.2. The van der Waals surface area contributed by atoms with Gasteiger partial charge in [-0.15, -0.1) is 0 Å². The Balaban J connectivity index is 1.61. The van der Waals surface area contributed by atoms with Crippen molar-refractivity contribution in [1.29, 1.82) is 0 Å². The number of nitrogens with one attached hydrogen (secondary N) is 2. The van der Waals surface area contributed by atoms with E-state index in [0.29, 0.717) is 22.4 Å². The Kier molecular flexibility index (Phi) is 10.8. The van der Waals surface area contributed by atoms with E-state index in [2.05, 4.69) is 10.6 Å². The Bertz CT molecular complexity index is 1530. The summed E-state index contributed by atoms with van der Waals surface area (Å²) in [4.78, 5) is 24.1. The number of alkyl halides is 3. The van der Waals surface area contributed by atoms with E-state index >= 15 is 0 Å². The first-order valence-electron chi connectivity index (χ1n) is 14.6. The molecule has 2 aromatic carbocycles. The largest absolute Gasteiger partial charge is 0.466 e. The summed E-state index contributed by atoms with van der Waals surface area (Å²) in [5, 5.41) is 6.22. The zero-order valence-corrected chi connectivity index (χ0v) is 25.5. The van der Waals surface area contributed by atoms with Gasteiger partial charge < -0.3 is 19.8 Å². The SMILES string of the molecule is CCOC(=O)CCNC(=O)c1ccc(NC(c2cc(-c3ccc(C(F)(F)F)cc3)oc2CS(C)(=O)=O)C2CCCCC2)cc1. The highest BCUT2D eigenvalue weighted by Gasteiger charge is 2.32. The lowest BCUT2D eigenvalue weighted by atomic mass is 9.81. The van der Waals surface area contributed by atoms with Crippen LogP contribution in [0.1, 0.15) is 78.7 Å². The first-order valence-corrected chi connectivity index (χ1v) is 16.7. The van der Waals surface area contributed by atoms with E-state index in [9.17, 15) is 31.2 Å². The van der Waals surface area contributed by atoms with Gasteiger partial charge in [0.2, 0.25) is 0 Å². The lowest BCUT2D eigenvalue weighted by molar-refractivity contribution is -0.143. The van der Waals surface area contributed by atoms with Gasteiger partial charge in [0.25, 0.3) is 5.91 Å². The molecule has 1 aliphatic carbocycles. The third-order valence-electron chi connectivity index (χ3n) is 7.58. The number of carbonyl (C=O) groups excluding carboxylic acids is 2. The van der Waals surface area contributed by atoms with Crippen LogP contribution in [-0.4, -0.2) is 39.7 Å². The zero-order valence-electron chi connectivity index (χ0n) is 24.7. The maximum Gasteiger partial charge on any atom is 0.416 e. The molecule has 0 saturated heterocycles. The van der Waals surface area contributed by atoms with Gasteiger partial charge in [-0.2, -0.15) is 13.2 Å². The minimum absolute atomic E-state index is 0.0667. The number of furan rings is 1. The lowest BCUT2D eigenvalue weighted by Crippen LogP contribution is -2.26. The smallest absolute Gasteiger partial charge is 0.416 e. The van der Waals surface area contributed by atoms with Crippen molar-refractivity contribution in [2.45, 2.75) is 63.4 Å². The molecule has 0 aliphatic heterocycles. The van der Waals surface area contributed by atoms with E-state index in [1.807, 2.05) is 0 Å². The number of ether oxygens (including phenoxy) is 1. The molecule has 2 N–H and O–H groups in total. The number of sulfone groups is 1. The molecule has 1 heterocycles. The molecule has 1 amide bonds. The average Bonchev–Trinajstić information content (AvgIpc) is 3.38. The Morgan fingerprint density at radius 1 is 1.02 bits per heavy atom. The number of anilines is 1. The van der Waals surface area contributed by atoms with Crippen molar-refractivity contribution >= 4 is 27.4 Å². The monoisotopic (exact) mass is 634 g/mol. The fourth-order valence-electron chi connectivity index (χ4n) is 5.45. The van der Waals surface area contributed by atoms with Gasteiger partial charge in [-0.05, 0) is 68.1 Å². The molecule has 8 nitrogen and oxygen atoms in total. The van der Waals surface area contributed by atoms with Crippen LogP contribution in [0.15, 0.2) is 59.0 Å². The normalized spacial score (nSPS) is 15.0. The summed E-state index contributed by atoms with van der Waals surface area (Å²) in [6.07, 6.45) is 1.62. The summed E-state index contributed by atoms with van der Waals surface area (Å²) in [5.74, 6) is -0.425. The highest BCUT2D eigenvalue weighted by atomic mass is 32.2. The molecule has 4 rings (SSSR count). The van der Waals surface area contributed by atoms with E-state index in [-0.39, 0.29) is 54.7 Å². The van der Waals surface area contributed by atoms with Crippen molar-refractivity contribution in [2.24, 2.45) is 5.92 Å². The van der Waals surface area contributed by atoms with Crippen molar-refractivity contribution in [3.8, 4) is 11.3 Å². The third-order valence-corrected chi connectivity index (χ3v) is 8.36. The molecule has 1 atom stereocenters. The number of hydrogen-bond acceptors (Lipinski definition) is 7. The Morgan fingerprint density at radius 3 is 2.27 bits per heavy atom. The van der Waals surface area contributed by atoms with Gasteiger partial charge >= 0.3 is 12.1 Å². The number of amides is 1. The molecule has 1 aromatic heterocycles. The summed E-state index contributed by atoms with van der Waals surface area (Å²) in [6.45, 7) is 2.13. The highest BCUT2D eigenvalue weighted by molar-refractivity contribution is 7.89. The first kappa shape index (κ1) is 33.1. The van der Waals surface area contributed by atoms with Gasteiger partial charge in [0, 0.05) is 35.2 Å². The van der Waals surface area contributed by atoms with Gasteiger partial charge in [0.15, 0.2) is 9.84 Å². The fourth-order valence-corrected chi connectivity index (χ4v) is 6.15. The van der Waals surface area contributed by atoms with E-state index < -0.39 is 27.5 Å². The maximum absolute atomic E-state index is 13.1. The van der Waals surface area contributed by atoms with E-state index in [1.54, 1.807) is 37.3 Å². The Hall–Kier alpha value is -3.80. The standard InChI is InChI=1S/C32H37F3N2O6S/c1-3-42-29(38)17-18-36-31(39)23-11-15-25(16-12-23)37-30(22-7-5-4-6-8-22)26-19-27(43-28(26)20-44(2,40)41)21-9-13-24(14-10-21)32(33,34)35/h9-16,19,22,30,37H,3-8,17-18,20H2,1-2H3,(H,36,39). The van der Waals surface area contributed by atoms with Crippen molar-refractivity contribution in [1.82, 2.24) is 5.32 Å². The number of halogens is 3. The topological polar surface area (TPSA) is 115 Å². The molecule has 1 aliphatic rings. The van der Waals surface area contributed by atoms with E-state index in [0.717, 1.165) is 50.5 Å². The van der Waals surface area contributed by atoms with Crippen molar-refractivity contribution in [3.63, 3.8) is 0 Å². The molecule has 1 fully saturated rings.